The molecule has 1 aromatic carbocycles. The van der Waals surface area contributed by atoms with E-state index in [2.05, 4.69) is 10.3 Å². The van der Waals surface area contributed by atoms with Crippen LogP contribution >= 0.6 is 0 Å². The van der Waals surface area contributed by atoms with Crippen LogP contribution in [0.15, 0.2) is 54.9 Å². The van der Waals surface area contributed by atoms with Crippen molar-refractivity contribution in [2.75, 3.05) is 26.2 Å². The fraction of sp³-hybridized carbons (Fsp3) is 0.364. The number of fused-ring (bicyclic) bond motifs is 1. The molecule has 2 aliphatic heterocycles. The molecule has 0 unspecified atom stereocenters. The van der Waals surface area contributed by atoms with Crippen LogP contribution in [-0.2, 0) is 9.59 Å². The molecule has 3 atom stereocenters. The molecule has 4 rings (SSSR count). The number of rotatable bonds is 4. The molecule has 7 heteroatoms. The van der Waals surface area contributed by atoms with Gasteiger partial charge in [0.1, 0.15) is 0 Å². The quantitative estimate of drug-likeness (QED) is 0.855. The monoisotopic (exact) mass is 392 g/mol. The molecule has 1 aromatic heterocycles. The first-order valence-electron chi connectivity index (χ1n) is 9.82. The Morgan fingerprint density at radius 2 is 1.76 bits per heavy atom. The molecule has 0 spiro atoms. The molecule has 2 fully saturated rings. The van der Waals surface area contributed by atoms with Crippen molar-refractivity contribution in [2.24, 2.45) is 11.8 Å². The van der Waals surface area contributed by atoms with Gasteiger partial charge in [-0.3, -0.25) is 19.4 Å². The van der Waals surface area contributed by atoms with Crippen LogP contribution < -0.4 is 5.32 Å². The third-order valence-corrected chi connectivity index (χ3v) is 5.83. The van der Waals surface area contributed by atoms with E-state index in [9.17, 15) is 14.4 Å². The van der Waals surface area contributed by atoms with Crippen LogP contribution in [0.25, 0.3) is 0 Å². The van der Waals surface area contributed by atoms with Gasteiger partial charge in [-0.2, -0.15) is 0 Å². The summed E-state index contributed by atoms with van der Waals surface area (Å²) in [5.74, 6) is 0.0834. The summed E-state index contributed by atoms with van der Waals surface area (Å²) in [5, 5.41) is 2.61. The van der Waals surface area contributed by atoms with Crippen molar-refractivity contribution >= 4 is 17.7 Å². The second-order valence-electron chi connectivity index (χ2n) is 7.68. The predicted octanol–water partition coefficient (Wildman–Crippen LogP) is 1.49. The fourth-order valence-corrected chi connectivity index (χ4v) is 4.52. The Morgan fingerprint density at radius 3 is 2.45 bits per heavy atom. The van der Waals surface area contributed by atoms with Gasteiger partial charge in [0.05, 0.1) is 12.6 Å². The summed E-state index contributed by atoms with van der Waals surface area (Å²) >= 11 is 0. The Balaban J connectivity index is 1.55. The third-order valence-electron chi connectivity index (χ3n) is 5.83. The topological polar surface area (TPSA) is 82.6 Å². The summed E-state index contributed by atoms with van der Waals surface area (Å²) in [5.41, 5.74) is 1.70. The van der Waals surface area contributed by atoms with E-state index in [1.165, 1.54) is 6.92 Å². The Bertz CT molecular complexity index is 903. The van der Waals surface area contributed by atoms with Crippen molar-refractivity contribution in [3.05, 3.63) is 66.0 Å². The molecule has 2 aromatic rings. The van der Waals surface area contributed by atoms with E-state index in [1.54, 1.807) is 24.5 Å². The largest absolute Gasteiger partial charge is 0.347 e. The van der Waals surface area contributed by atoms with Gasteiger partial charge in [0.2, 0.25) is 11.8 Å². The molecule has 3 amide bonds. The lowest BCUT2D eigenvalue weighted by atomic mass is 9.89. The van der Waals surface area contributed by atoms with Crippen LogP contribution in [0.1, 0.15) is 28.9 Å². The van der Waals surface area contributed by atoms with Gasteiger partial charge in [0, 0.05) is 56.4 Å². The second-order valence-corrected chi connectivity index (χ2v) is 7.68. The Hall–Kier alpha value is -3.22. The number of likely N-dealkylation sites (tertiary alicyclic amines) is 2. The molecule has 29 heavy (non-hydrogen) atoms. The minimum absolute atomic E-state index is 0.00222. The zero-order chi connectivity index (χ0) is 20.4. The van der Waals surface area contributed by atoms with E-state index >= 15 is 0 Å². The van der Waals surface area contributed by atoms with Crippen LogP contribution in [0.2, 0.25) is 0 Å². The van der Waals surface area contributed by atoms with Crippen molar-refractivity contribution in [1.29, 1.82) is 0 Å². The number of carbonyl (C=O) groups is 3. The lowest BCUT2D eigenvalue weighted by Crippen LogP contribution is -2.42. The fourth-order valence-electron chi connectivity index (χ4n) is 4.52. The molecular weight excluding hydrogens is 368 g/mol. The molecule has 0 bridgehead atoms. The average Bonchev–Trinajstić information content (AvgIpc) is 3.30. The smallest absolute Gasteiger partial charge is 0.253 e. The SMILES string of the molecule is CC(=O)NCC(=O)N1C[C@@H]2CN(C(=O)c3ccncc3)C[C@@H]2[C@H]1c1ccccc1. The molecule has 0 saturated carbocycles. The summed E-state index contributed by atoms with van der Waals surface area (Å²) in [6.07, 6.45) is 3.25. The van der Waals surface area contributed by atoms with Gasteiger partial charge in [0.15, 0.2) is 0 Å². The maximum absolute atomic E-state index is 12.9. The highest BCUT2D eigenvalue weighted by molar-refractivity contribution is 5.94. The number of amides is 3. The molecule has 3 heterocycles. The lowest BCUT2D eigenvalue weighted by molar-refractivity contribution is -0.133. The zero-order valence-electron chi connectivity index (χ0n) is 16.3. The normalized spacial score (nSPS) is 23.0. The summed E-state index contributed by atoms with van der Waals surface area (Å²) in [4.78, 5) is 44.7. The first kappa shape index (κ1) is 19.1. The van der Waals surface area contributed by atoms with Gasteiger partial charge in [-0.15, -0.1) is 0 Å². The van der Waals surface area contributed by atoms with Crippen LogP contribution in [0.3, 0.4) is 0 Å². The van der Waals surface area contributed by atoms with Crippen LogP contribution in [0, 0.1) is 11.8 Å². The standard InChI is InChI=1S/C22H24N4O3/c1-15(27)24-11-20(28)26-13-18-12-25(22(29)17-7-9-23-10-8-17)14-19(18)21(26)16-5-3-2-4-6-16/h2-10,18-19,21H,11-14H2,1H3,(H,24,27)/t18-,19-,21+/m0/s1. The Morgan fingerprint density at radius 1 is 1.03 bits per heavy atom. The molecule has 1 N–H and O–H groups in total. The first-order valence-corrected chi connectivity index (χ1v) is 9.82. The molecule has 2 saturated heterocycles. The van der Waals surface area contributed by atoms with E-state index in [0.29, 0.717) is 25.2 Å². The number of hydrogen-bond acceptors (Lipinski definition) is 4. The first-order chi connectivity index (χ1) is 14.0. The molecule has 7 nitrogen and oxygen atoms in total. The third kappa shape index (κ3) is 3.85. The Labute approximate surface area is 169 Å². The lowest BCUT2D eigenvalue weighted by Gasteiger charge is -2.30. The average molecular weight is 392 g/mol. The van der Waals surface area contributed by atoms with Gasteiger partial charge in [0.25, 0.3) is 5.91 Å². The van der Waals surface area contributed by atoms with Crippen LogP contribution in [0.5, 0.6) is 0 Å². The maximum Gasteiger partial charge on any atom is 0.253 e. The van der Waals surface area contributed by atoms with Crippen molar-refractivity contribution in [1.82, 2.24) is 20.1 Å². The van der Waals surface area contributed by atoms with E-state index in [1.807, 2.05) is 40.1 Å². The molecular formula is C22H24N4O3. The van der Waals surface area contributed by atoms with Crippen LogP contribution in [-0.4, -0.2) is 58.7 Å². The number of pyridine rings is 1. The van der Waals surface area contributed by atoms with Crippen molar-refractivity contribution < 1.29 is 14.4 Å². The summed E-state index contributed by atoms with van der Waals surface area (Å²) in [6, 6.07) is 13.3. The predicted molar refractivity (Wildman–Crippen MR) is 107 cm³/mol. The number of nitrogens with one attached hydrogen (secondary N) is 1. The van der Waals surface area contributed by atoms with Crippen LogP contribution in [0.4, 0.5) is 0 Å². The molecule has 2 aliphatic rings. The molecule has 150 valence electrons. The van der Waals surface area contributed by atoms with Gasteiger partial charge in [-0.1, -0.05) is 30.3 Å². The number of carbonyl (C=O) groups excluding carboxylic acids is 3. The van der Waals surface area contributed by atoms with Gasteiger partial charge in [-0.25, -0.2) is 0 Å². The van der Waals surface area contributed by atoms with Gasteiger partial charge in [-0.05, 0) is 17.7 Å². The van der Waals surface area contributed by atoms with Crippen molar-refractivity contribution in [2.45, 2.75) is 13.0 Å². The van der Waals surface area contributed by atoms with E-state index in [0.717, 1.165) is 5.56 Å². The molecule has 0 radical (unpaired) electrons. The minimum atomic E-state index is -0.219. The van der Waals surface area contributed by atoms with Crippen molar-refractivity contribution in [3.8, 4) is 0 Å². The number of benzene rings is 1. The molecule has 0 aliphatic carbocycles. The summed E-state index contributed by atoms with van der Waals surface area (Å²) < 4.78 is 0. The summed E-state index contributed by atoms with van der Waals surface area (Å²) in [7, 11) is 0. The highest BCUT2D eigenvalue weighted by atomic mass is 16.2. The maximum atomic E-state index is 12.9. The van der Waals surface area contributed by atoms with Gasteiger partial charge >= 0.3 is 0 Å². The number of nitrogens with zero attached hydrogens (tertiary/aromatic N) is 3. The van der Waals surface area contributed by atoms with E-state index in [4.69, 9.17) is 0 Å². The Kier molecular flexibility index (Phi) is 5.29. The van der Waals surface area contributed by atoms with Gasteiger partial charge < -0.3 is 15.1 Å². The number of aromatic nitrogens is 1. The van der Waals surface area contributed by atoms with E-state index < -0.39 is 0 Å². The second kappa shape index (κ2) is 8.03. The minimum Gasteiger partial charge on any atom is -0.347 e. The van der Waals surface area contributed by atoms with E-state index in [-0.39, 0.29) is 42.1 Å². The highest BCUT2D eigenvalue weighted by Gasteiger charge is 2.49. The number of hydrogen-bond donors (Lipinski definition) is 1. The highest BCUT2D eigenvalue weighted by Crippen LogP contribution is 2.45. The van der Waals surface area contributed by atoms with Crippen molar-refractivity contribution in [3.63, 3.8) is 0 Å². The summed E-state index contributed by atoms with van der Waals surface area (Å²) in [6.45, 7) is 3.22. The zero-order valence-corrected chi connectivity index (χ0v) is 16.3.